The Hall–Kier alpha value is -2.40. The summed E-state index contributed by atoms with van der Waals surface area (Å²) < 4.78 is 13.2. The van der Waals surface area contributed by atoms with Gasteiger partial charge in [0.15, 0.2) is 0 Å². The predicted octanol–water partition coefficient (Wildman–Crippen LogP) is 1.83. The van der Waals surface area contributed by atoms with Gasteiger partial charge in [-0.2, -0.15) is 0 Å². The Bertz CT molecular complexity index is 617. The van der Waals surface area contributed by atoms with Crippen molar-refractivity contribution in [2.24, 2.45) is 5.73 Å². The summed E-state index contributed by atoms with van der Waals surface area (Å²) in [5.74, 6) is -1.38. The van der Waals surface area contributed by atoms with Gasteiger partial charge in [0, 0.05) is 12.6 Å². The molecule has 0 spiro atoms. The van der Waals surface area contributed by atoms with E-state index >= 15 is 0 Å². The number of hydrogen-bond donors (Lipinski definition) is 3. The molecule has 0 aromatic heterocycles. The second-order valence-corrected chi connectivity index (χ2v) is 4.76. The zero-order valence-corrected chi connectivity index (χ0v) is 11.4. The van der Waals surface area contributed by atoms with Crippen molar-refractivity contribution in [1.29, 1.82) is 0 Å². The van der Waals surface area contributed by atoms with Gasteiger partial charge in [-0.05, 0) is 30.2 Å². The number of halogens is 1. The minimum atomic E-state index is -0.578. The molecular formula is C16H17FN2O2. The molecule has 4 N–H and O–H groups in total. The van der Waals surface area contributed by atoms with E-state index in [1.54, 1.807) is 0 Å². The minimum Gasteiger partial charge on any atom is -0.507 e. The van der Waals surface area contributed by atoms with Gasteiger partial charge in [-0.1, -0.05) is 30.3 Å². The fourth-order valence-corrected chi connectivity index (χ4v) is 2.05. The average Bonchev–Trinajstić information content (AvgIpc) is 2.50. The summed E-state index contributed by atoms with van der Waals surface area (Å²) in [6.07, 6.45) is 0.569. The fourth-order valence-electron chi connectivity index (χ4n) is 2.05. The SMILES string of the molecule is NCC(Cc1ccccc1)NC(=O)c1cc(F)ccc1O. The van der Waals surface area contributed by atoms with Crippen molar-refractivity contribution < 1.29 is 14.3 Å². The molecule has 5 heteroatoms. The molecule has 0 bridgehead atoms. The summed E-state index contributed by atoms with van der Waals surface area (Å²) >= 11 is 0. The van der Waals surface area contributed by atoms with Crippen LogP contribution in [-0.2, 0) is 6.42 Å². The zero-order valence-electron chi connectivity index (χ0n) is 11.4. The van der Waals surface area contributed by atoms with Crippen LogP contribution in [-0.4, -0.2) is 23.6 Å². The van der Waals surface area contributed by atoms with Gasteiger partial charge in [0.2, 0.25) is 0 Å². The van der Waals surface area contributed by atoms with Crippen LogP contribution in [0.5, 0.6) is 5.75 Å². The van der Waals surface area contributed by atoms with Gasteiger partial charge in [-0.25, -0.2) is 4.39 Å². The van der Waals surface area contributed by atoms with E-state index in [-0.39, 0.29) is 23.9 Å². The average molecular weight is 288 g/mol. The second kappa shape index (κ2) is 6.85. The van der Waals surface area contributed by atoms with Crippen LogP contribution in [0, 0.1) is 5.82 Å². The number of aromatic hydroxyl groups is 1. The summed E-state index contributed by atoms with van der Waals surface area (Å²) in [7, 11) is 0. The maximum Gasteiger partial charge on any atom is 0.255 e. The van der Waals surface area contributed by atoms with E-state index in [4.69, 9.17) is 5.73 Å². The molecule has 110 valence electrons. The van der Waals surface area contributed by atoms with Crippen molar-refractivity contribution in [2.75, 3.05) is 6.54 Å². The number of amides is 1. The van der Waals surface area contributed by atoms with Crippen molar-refractivity contribution in [3.8, 4) is 5.75 Å². The number of phenols is 1. The lowest BCUT2D eigenvalue weighted by Crippen LogP contribution is -2.41. The van der Waals surface area contributed by atoms with Crippen LogP contribution in [0.15, 0.2) is 48.5 Å². The molecule has 0 aliphatic heterocycles. The van der Waals surface area contributed by atoms with Crippen molar-refractivity contribution in [1.82, 2.24) is 5.32 Å². The van der Waals surface area contributed by atoms with E-state index in [9.17, 15) is 14.3 Å². The van der Waals surface area contributed by atoms with Gasteiger partial charge < -0.3 is 16.2 Å². The molecule has 2 aromatic rings. The Morgan fingerprint density at radius 1 is 1.24 bits per heavy atom. The quantitative estimate of drug-likeness (QED) is 0.785. The van der Waals surface area contributed by atoms with Crippen molar-refractivity contribution in [3.63, 3.8) is 0 Å². The number of benzene rings is 2. The maximum absolute atomic E-state index is 13.2. The Kier molecular flexibility index (Phi) is 4.90. The lowest BCUT2D eigenvalue weighted by molar-refractivity contribution is 0.0935. The number of nitrogens with two attached hydrogens (primary N) is 1. The molecular weight excluding hydrogens is 271 g/mol. The van der Waals surface area contributed by atoms with Crippen LogP contribution in [0.2, 0.25) is 0 Å². The van der Waals surface area contributed by atoms with Gasteiger partial charge in [0.1, 0.15) is 11.6 Å². The van der Waals surface area contributed by atoms with Crippen LogP contribution in [0.1, 0.15) is 15.9 Å². The van der Waals surface area contributed by atoms with E-state index in [2.05, 4.69) is 5.32 Å². The summed E-state index contributed by atoms with van der Waals surface area (Å²) in [5.41, 5.74) is 6.61. The number of carbonyl (C=O) groups is 1. The van der Waals surface area contributed by atoms with Gasteiger partial charge in [0.05, 0.1) is 5.56 Å². The fraction of sp³-hybridized carbons (Fsp3) is 0.188. The molecule has 0 saturated carbocycles. The number of phenolic OH excluding ortho intramolecular Hbond substituents is 1. The number of carbonyl (C=O) groups excluding carboxylic acids is 1. The largest absolute Gasteiger partial charge is 0.507 e. The van der Waals surface area contributed by atoms with Gasteiger partial charge in [-0.15, -0.1) is 0 Å². The molecule has 1 amide bonds. The predicted molar refractivity (Wildman–Crippen MR) is 78.5 cm³/mol. The van der Waals surface area contributed by atoms with Crippen LogP contribution < -0.4 is 11.1 Å². The van der Waals surface area contributed by atoms with Crippen molar-refractivity contribution in [3.05, 3.63) is 65.5 Å². The highest BCUT2D eigenvalue weighted by Crippen LogP contribution is 2.17. The number of hydrogen-bond acceptors (Lipinski definition) is 3. The molecule has 1 atom stereocenters. The molecule has 0 radical (unpaired) electrons. The molecule has 0 fully saturated rings. The molecule has 1 unspecified atom stereocenters. The van der Waals surface area contributed by atoms with E-state index < -0.39 is 11.7 Å². The Balaban J connectivity index is 2.07. The Labute approximate surface area is 122 Å². The number of rotatable bonds is 5. The molecule has 2 aromatic carbocycles. The molecule has 21 heavy (non-hydrogen) atoms. The van der Waals surface area contributed by atoms with Crippen LogP contribution >= 0.6 is 0 Å². The molecule has 2 rings (SSSR count). The first-order chi connectivity index (χ1) is 10.1. The van der Waals surface area contributed by atoms with E-state index in [0.717, 1.165) is 23.8 Å². The van der Waals surface area contributed by atoms with Crippen LogP contribution in [0.25, 0.3) is 0 Å². The molecule has 0 heterocycles. The molecule has 0 aliphatic carbocycles. The van der Waals surface area contributed by atoms with Crippen LogP contribution in [0.3, 0.4) is 0 Å². The first-order valence-electron chi connectivity index (χ1n) is 6.63. The third-order valence-corrected chi connectivity index (χ3v) is 3.15. The van der Waals surface area contributed by atoms with E-state index in [0.29, 0.717) is 6.42 Å². The van der Waals surface area contributed by atoms with Crippen LogP contribution in [0.4, 0.5) is 4.39 Å². The van der Waals surface area contributed by atoms with Crippen molar-refractivity contribution in [2.45, 2.75) is 12.5 Å². The first kappa shape index (κ1) is 15.0. The lowest BCUT2D eigenvalue weighted by atomic mass is 10.1. The Morgan fingerprint density at radius 3 is 2.62 bits per heavy atom. The highest BCUT2D eigenvalue weighted by Gasteiger charge is 2.16. The lowest BCUT2D eigenvalue weighted by Gasteiger charge is -2.17. The van der Waals surface area contributed by atoms with E-state index in [1.165, 1.54) is 0 Å². The zero-order chi connectivity index (χ0) is 15.2. The van der Waals surface area contributed by atoms with Crippen molar-refractivity contribution >= 4 is 5.91 Å². The molecule has 4 nitrogen and oxygen atoms in total. The summed E-state index contributed by atoms with van der Waals surface area (Å²) in [5, 5.41) is 12.3. The Morgan fingerprint density at radius 2 is 1.95 bits per heavy atom. The standard InChI is InChI=1S/C16H17FN2O2/c17-12-6-7-15(20)14(9-12)16(21)19-13(10-18)8-11-4-2-1-3-5-11/h1-7,9,13,20H,8,10,18H2,(H,19,21). The smallest absolute Gasteiger partial charge is 0.255 e. The third kappa shape index (κ3) is 4.03. The summed E-state index contributed by atoms with van der Waals surface area (Å²) in [4.78, 5) is 12.1. The van der Waals surface area contributed by atoms with E-state index in [1.807, 2.05) is 30.3 Å². The minimum absolute atomic E-state index is 0.0958. The van der Waals surface area contributed by atoms with Gasteiger partial charge >= 0.3 is 0 Å². The normalized spacial score (nSPS) is 11.9. The van der Waals surface area contributed by atoms with Gasteiger partial charge in [-0.3, -0.25) is 4.79 Å². The molecule has 0 saturated heterocycles. The highest BCUT2D eigenvalue weighted by atomic mass is 19.1. The number of nitrogens with one attached hydrogen (secondary N) is 1. The molecule has 0 aliphatic rings. The topological polar surface area (TPSA) is 75.3 Å². The first-order valence-corrected chi connectivity index (χ1v) is 6.63. The monoisotopic (exact) mass is 288 g/mol. The third-order valence-electron chi connectivity index (χ3n) is 3.15. The van der Waals surface area contributed by atoms with Gasteiger partial charge in [0.25, 0.3) is 5.91 Å². The summed E-state index contributed by atoms with van der Waals surface area (Å²) in [6, 6.07) is 12.6. The summed E-state index contributed by atoms with van der Waals surface area (Å²) in [6.45, 7) is 0.247. The highest BCUT2D eigenvalue weighted by molar-refractivity contribution is 5.97. The second-order valence-electron chi connectivity index (χ2n) is 4.76. The maximum atomic E-state index is 13.2.